The lowest BCUT2D eigenvalue weighted by atomic mass is 9.84. The molecule has 0 bridgehead atoms. The zero-order valence-corrected chi connectivity index (χ0v) is 7.67. The molecule has 0 radical (unpaired) electrons. The fraction of sp³-hybridized carbons (Fsp3) is 0.875. The van der Waals surface area contributed by atoms with Crippen molar-refractivity contribution in [1.29, 1.82) is 0 Å². The maximum Gasteiger partial charge on any atom is 0.313 e. The van der Waals surface area contributed by atoms with Crippen LogP contribution in [-0.2, 0) is 9.53 Å². The van der Waals surface area contributed by atoms with Crippen LogP contribution in [0.1, 0.15) is 19.8 Å². The van der Waals surface area contributed by atoms with Crippen LogP contribution < -0.4 is 5.73 Å². The molecule has 0 aromatic heterocycles. The Balaban J connectivity index is 4.39. The second-order valence-corrected chi connectivity index (χ2v) is 2.97. The van der Waals surface area contributed by atoms with Gasteiger partial charge in [-0.05, 0) is 6.42 Å². The van der Waals surface area contributed by atoms with Crippen LogP contribution in [-0.4, -0.2) is 31.3 Å². The van der Waals surface area contributed by atoms with E-state index in [1.54, 1.807) is 0 Å². The van der Waals surface area contributed by atoms with Crippen LogP contribution in [0.3, 0.4) is 0 Å². The highest BCUT2D eigenvalue weighted by molar-refractivity contribution is 5.75. The van der Waals surface area contributed by atoms with Gasteiger partial charge in [0.1, 0.15) is 5.41 Å². The van der Waals surface area contributed by atoms with Crippen LogP contribution in [0.5, 0.6) is 0 Å². The first-order chi connectivity index (χ1) is 5.63. The molecule has 0 rings (SSSR count). The van der Waals surface area contributed by atoms with Crippen molar-refractivity contribution >= 4 is 5.97 Å². The Morgan fingerprint density at radius 1 is 1.67 bits per heavy atom. The number of ether oxygens (including phenoxy) is 1. The highest BCUT2D eigenvalue weighted by Crippen LogP contribution is 2.23. The minimum absolute atomic E-state index is 0.129. The summed E-state index contributed by atoms with van der Waals surface area (Å²) in [5.74, 6) is -0.867. The van der Waals surface area contributed by atoms with Crippen molar-refractivity contribution in [2.75, 3.05) is 20.3 Å². The molecule has 12 heavy (non-hydrogen) atoms. The minimum atomic E-state index is -0.885. The Morgan fingerprint density at radius 3 is 2.50 bits per heavy atom. The Kier molecular flexibility index (Phi) is 4.85. The van der Waals surface area contributed by atoms with Crippen LogP contribution in [0, 0.1) is 5.41 Å². The molecule has 0 spiro atoms. The maximum absolute atomic E-state index is 10.9. The van der Waals surface area contributed by atoms with E-state index in [-0.39, 0.29) is 13.2 Å². The zero-order valence-electron chi connectivity index (χ0n) is 7.67. The normalized spacial score (nSPS) is 15.6. The van der Waals surface area contributed by atoms with Crippen LogP contribution in [0.4, 0.5) is 0 Å². The zero-order chi connectivity index (χ0) is 9.61. The van der Waals surface area contributed by atoms with E-state index in [0.717, 1.165) is 6.42 Å². The van der Waals surface area contributed by atoms with E-state index < -0.39 is 11.4 Å². The monoisotopic (exact) mass is 175 g/mol. The molecule has 0 aliphatic carbocycles. The molecule has 0 aromatic carbocycles. The van der Waals surface area contributed by atoms with Crippen molar-refractivity contribution in [2.24, 2.45) is 11.1 Å². The van der Waals surface area contributed by atoms with Gasteiger partial charge in [0.05, 0.1) is 6.61 Å². The molecule has 3 N–H and O–H groups in total. The van der Waals surface area contributed by atoms with Gasteiger partial charge in [0.15, 0.2) is 0 Å². The van der Waals surface area contributed by atoms with E-state index in [1.807, 2.05) is 6.92 Å². The lowest BCUT2D eigenvalue weighted by Gasteiger charge is -2.26. The predicted molar refractivity (Wildman–Crippen MR) is 45.9 cm³/mol. The summed E-state index contributed by atoms with van der Waals surface area (Å²) < 4.78 is 4.85. The molecule has 0 aliphatic rings. The molecule has 0 aliphatic heterocycles. The lowest BCUT2D eigenvalue weighted by Crippen LogP contribution is -2.42. The molecule has 72 valence electrons. The number of methoxy groups -OCH3 is 1. The highest BCUT2D eigenvalue weighted by Gasteiger charge is 2.36. The number of carboxylic acids is 1. The first-order valence-corrected chi connectivity index (χ1v) is 4.05. The summed E-state index contributed by atoms with van der Waals surface area (Å²) in [5.41, 5.74) is 4.53. The SMILES string of the molecule is CCCC(CN)(COC)C(=O)O. The number of hydrogen-bond acceptors (Lipinski definition) is 3. The summed E-state index contributed by atoms with van der Waals surface area (Å²) in [4.78, 5) is 10.9. The van der Waals surface area contributed by atoms with E-state index >= 15 is 0 Å². The minimum Gasteiger partial charge on any atom is -0.481 e. The van der Waals surface area contributed by atoms with E-state index in [0.29, 0.717) is 6.42 Å². The van der Waals surface area contributed by atoms with Gasteiger partial charge < -0.3 is 15.6 Å². The summed E-state index contributed by atoms with van der Waals surface area (Å²) >= 11 is 0. The van der Waals surface area contributed by atoms with Crippen molar-refractivity contribution < 1.29 is 14.6 Å². The molecule has 4 heteroatoms. The molecule has 0 aromatic rings. The Bertz CT molecular complexity index is 141. The fourth-order valence-electron chi connectivity index (χ4n) is 1.24. The number of aliphatic carboxylic acids is 1. The molecule has 0 saturated heterocycles. The van der Waals surface area contributed by atoms with Gasteiger partial charge >= 0.3 is 5.97 Å². The van der Waals surface area contributed by atoms with Gasteiger partial charge in [-0.1, -0.05) is 13.3 Å². The van der Waals surface area contributed by atoms with Crippen molar-refractivity contribution in [2.45, 2.75) is 19.8 Å². The van der Waals surface area contributed by atoms with Crippen LogP contribution >= 0.6 is 0 Å². The topological polar surface area (TPSA) is 72.5 Å². The van der Waals surface area contributed by atoms with Gasteiger partial charge in [-0.25, -0.2) is 0 Å². The molecule has 0 fully saturated rings. The Labute approximate surface area is 72.7 Å². The summed E-state index contributed by atoms with van der Waals surface area (Å²) in [7, 11) is 1.49. The van der Waals surface area contributed by atoms with Gasteiger partial charge in [0.25, 0.3) is 0 Å². The van der Waals surface area contributed by atoms with E-state index in [9.17, 15) is 4.79 Å². The smallest absolute Gasteiger partial charge is 0.313 e. The number of hydrogen-bond donors (Lipinski definition) is 2. The third-order valence-corrected chi connectivity index (χ3v) is 1.99. The van der Waals surface area contributed by atoms with Crippen molar-refractivity contribution in [3.05, 3.63) is 0 Å². The summed E-state index contributed by atoms with van der Waals surface area (Å²) in [5, 5.41) is 8.93. The van der Waals surface area contributed by atoms with Crippen LogP contribution in [0.15, 0.2) is 0 Å². The Morgan fingerprint density at radius 2 is 2.25 bits per heavy atom. The predicted octanol–water partition coefficient (Wildman–Crippen LogP) is 0.463. The van der Waals surface area contributed by atoms with Crippen LogP contribution in [0.25, 0.3) is 0 Å². The number of carbonyl (C=O) groups is 1. The molecule has 1 unspecified atom stereocenters. The van der Waals surface area contributed by atoms with E-state index in [1.165, 1.54) is 7.11 Å². The molecule has 1 atom stereocenters. The largest absolute Gasteiger partial charge is 0.481 e. The van der Waals surface area contributed by atoms with Gasteiger partial charge in [0, 0.05) is 13.7 Å². The first kappa shape index (κ1) is 11.4. The maximum atomic E-state index is 10.9. The lowest BCUT2D eigenvalue weighted by molar-refractivity contribution is -0.152. The quantitative estimate of drug-likeness (QED) is 0.615. The molecule has 0 saturated carbocycles. The fourth-order valence-corrected chi connectivity index (χ4v) is 1.24. The van der Waals surface area contributed by atoms with E-state index in [4.69, 9.17) is 15.6 Å². The number of carboxylic acid groups (broad SMARTS) is 1. The molecule has 0 heterocycles. The second-order valence-electron chi connectivity index (χ2n) is 2.97. The van der Waals surface area contributed by atoms with Crippen molar-refractivity contribution in [3.8, 4) is 0 Å². The van der Waals surface area contributed by atoms with Crippen molar-refractivity contribution in [3.63, 3.8) is 0 Å². The molecular formula is C8H17NO3. The first-order valence-electron chi connectivity index (χ1n) is 4.05. The van der Waals surface area contributed by atoms with Crippen molar-refractivity contribution in [1.82, 2.24) is 0 Å². The average Bonchev–Trinajstić information content (AvgIpc) is 2.03. The summed E-state index contributed by atoms with van der Waals surface area (Å²) in [6, 6.07) is 0. The molecule has 4 nitrogen and oxygen atoms in total. The standard InChI is InChI=1S/C8H17NO3/c1-3-4-8(5-9,6-12-2)7(10)11/h3-6,9H2,1-2H3,(H,10,11). The summed E-state index contributed by atoms with van der Waals surface area (Å²) in [6.07, 6.45) is 1.36. The van der Waals surface area contributed by atoms with Crippen LogP contribution in [0.2, 0.25) is 0 Å². The third kappa shape index (κ3) is 2.46. The van der Waals surface area contributed by atoms with Gasteiger partial charge in [0.2, 0.25) is 0 Å². The Hall–Kier alpha value is -0.610. The van der Waals surface area contributed by atoms with Gasteiger partial charge in [-0.15, -0.1) is 0 Å². The second kappa shape index (κ2) is 5.11. The third-order valence-electron chi connectivity index (χ3n) is 1.99. The van der Waals surface area contributed by atoms with E-state index in [2.05, 4.69) is 0 Å². The van der Waals surface area contributed by atoms with Gasteiger partial charge in [-0.3, -0.25) is 4.79 Å². The summed E-state index contributed by atoms with van der Waals surface area (Å²) in [6.45, 7) is 2.25. The average molecular weight is 175 g/mol. The van der Waals surface area contributed by atoms with Gasteiger partial charge in [-0.2, -0.15) is 0 Å². The number of nitrogens with two attached hydrogens (primary N) is 1. The molecular weight excluding hydrogens is 158 g/mol. The number of rotatable bonds is 6. The molecule has 0 amide bonds. The highest BCUT2D eigenvalue weighted by atomic mass is 16.5.